The summed E-state index contributed by atoms with van der Waals surface area (Å²) in [5, 5.41) is 0. The summed E-state index contributed by atoms with van der Waals surface area (Å²) in [5.41, 5.74) is -0.376. The molecular formula is C15H22O5. The summed E-state index contributed by atoms with van der Waals surface area (Å²) in [6.07, 6.45) is 4.57. The highest BCUT2D eigenvalue weighted by Crippen LogP contribution is 2.58. The van der Waals surface area contributed by atoms with E-state index in [4.69, 9.17) is 9.47 Å². The van der Waals surface area contributed by atoms with E-state index in [1.54, 1.807) is 0 Å². The second-order valence-electron chi connectivity index (χ2n) is 6.52. The monoisotopic (exact) mass is 282 g/mol. The summed E-state index contributed by atoms with van der Waals surface area (Å²) < 4.78 is 15.9. The Kier molecular flexibility index (Phi) is 3.38. The van der Waals surface area contributed by atoms with Crippen LogP contribution in [0.25, 0.3) is 0 Å². The number of rotatable bonds is 3. The van der Waals surface area contributed by atoms with Crippen LogP contribution in [-0.4, -0.2) is 30.9 Å². The molecule has 4 bridgehead atoms. The molecule has 0 amide bonds. The molecule has 0 spiro atoms. The van der Waals surface area contributed by atoms with Crippen LogP contribution in [0.15, 0.2) is 0 Å². The Hall–Kier alpha value is -1.26. The average molecular weight is 282 g/mol. The van der Waals surface area contributed by atoms with Gasteiger partial charge in [0.1, 0.15) is 11.7 Å². The lowest BCUT2D eigenvalue weighted by Gasteiger charge is -2.58. The van der Waals surface area contributed by atoms with E-state index in [-0.39, 0.29) is 17.7 Å². The third-order valence-corrected chi connectivity index (χ3v) is 5.15. The zero-order valence-electron chi connectivity index (χ0n) is 12.1. The number of hydrogen-bond acceptors (Lipinski definition) is 5. The van der Waals surface area contributed by atoms with Crippen molar-refractivity contribution in [1.82, 2.24) is 0 Å². The van der Waals surface area contributed by atoms with Gasteiger partial charge in [-0.1, -0.05) is 6.92 Å². The molecule has 0 aromatic heterocycles. The molecule has 0 aliphatic heterocycles. The van der Waals surface area contributed by atoms with Crippen molar-refractivity contribution in [2.45, 2.75) is 57.2 Å². The average Bonchev–Trinajstić information content (AvgIpc) is 2.41. The molecule has 4 aliphatic rings. The molecule has 0 radical (unpaired) electrons. The quantitative estimate of drug-likeness (QED) is 0.745. The van der Waals surface area contributed by atoms with Gasteiger partial charge in [-0.3, -0.25) is 4.79 Å². The molecule has 0 N–H and O–H groups in total. The molecule has 5 heteroatoms. The largest absolute Gasteiger partial charge is 0.508 e. The van der Waals surface area contributed by atoms with Crippen molar-refractivity contribution >= 4 is 12.1 Å². The van der Waals surface area contributed by atoms with Crippen molar-refractivity contribution in [2.24, 2.45) is 17.8 Å². The highest BCUT2D eigenvalue weighted by molar-refractivity contribution is 5.69. The summed E-state index contributed by atoms with van der Waals surface area (Å²) in [6, 6.07) is 0. The van der Waals surface area contributed by atoms with Gasteiger partial charge in [-0.25, -0.2) is 4.79 Å². The number of hydrogen-bond donors (Lipinski definition) is 0. The fraction of sp³-hybridized carbons (Fsp3) is 0.867. The Morgan fingerprint density at radius 1 is 1.15 bits per heavy atom. The molecule has 4 aliphatic carbocycles. The Morgan fingerprint density at radius 3 is 2.35 bits per heavy atom. The Bertz CT molecular complexity index is 402. The molecule has 0 aromatic rings. The van der Waals surface area contributed by atoms with E-state index in [0.717, 1.165) is 32.1 Å². The van der Waals surface area contributed by atoms with Crippen molar-refractivity contribution in [3.05, 3.63) is 0 Å². The Morgan fingerprint density at radius 2 is 1.80 bits per heavy atom. The molecule has 20 heavy (non-hydrogen) atoms. The maximum atomic E-state index is 11.6. The van der Waals surface area contributed by atoms with Gasteiger partial charge < -0.3 is 14.2 Å². The maximum Gasteiger partial charge on any atom is 0.508 e. The van der Waals surface area contributed by atoms with E-state index in [2.05, 4.69) is 4.74 Å². The van der Waals surface area contributed by atoms with Crippen LogP contribution in [0.3, 0.4) is 0 Å². The molecule has 0 heterocycles. The second kappa shape index (κ2) is 4.93. The second-order valence-corrected chi connectivity index (χ2v) is 6.52. The van der Waals surface area contributed by atoms with E-state index < -0.39 is 6.16 Å². The van der Waals surface area contributed by atoms with Crippen LogP contribution in [0, 0.1) is 17.8 Å². The third kappa shape index (κ3) is 2.27. The number of esters is 1. The van der Waals surface area contributed by atoms with Gasteiger partial charge in [-0.05, 0) is 38.0 Å². The third-order valence-electron chi connectivity index (χ3n) is 5.15. The minimum absolute atomic E-state index is 0.0216. The predicted octanol–water partition coefficient (Wildman–Crippen LogP) is 2.67. The molecule has 4 saturated carbocycles. The summed E-state index contributed by atoms with van der Waals surface area (Å²) in [5.74, 6) is 1.14. The first-order chi connectivity index (χ1) is 9.55. The Balaban J connectivity index is 1.73. The van der Waals surface area contributed by atoms with Crippen LogP contribution in [0.5, 0.6) is 0 Å². The summed E-state index contributed by atoms with van der Waals surface area (Å²) in [4.78, 5) is 23.1. The van der Waals surface area contributed by atoms with Crippen LogP contribution < -0.4 is 0 Å². The first kappa shape index (κ1) is 13.7. The summed E-state index contributed by atoms with van der Waals surface area (Å²) in [6.45, 7) is 1.82. The highest BCUT2D eigenvalue weighted by Gasteiger charge is 2.58. The van der Waals surface area contributed by atoms with Crippen molar-refractivity contribution in [1.29, 1.82) is 0 Å². The lowest BCUT2D eigenvalue weighted by atomic mass is 9.53. The fourth-order valence-electron chi connectivity index (χ4n) is 4.67. The van der Waals surface area contributed by atoms with E-state index in [1.165, 1.54) is 7.11 Å². The van der Waals surface area contributed by atoms with Gasteiger partial charge in [0.25, 0.3) is 0 Å². The molecule has 112 valence electrons. The van der Waals surface area contributed by atoms with Gasteiger partial charge in [0, 0.05) is 18.3 Å². The van der Waals surface area contributed by atoms with Crippen molar-refractivity contribution < 1.29 is 23.8 Å². The standard InChI is InChI=1S/C15H22O5/c1-3-12(16)19-13-10-4-9-5-11(13)8-15(6-9,7-10)20-14(17)18-2/h9-11,13H,3-8H2,1-2H3. The molecule has 2 unspecified atom stereocenters. The maximum absolute atomic E-state index is 11.6. The highest BCUT2D eigenvalue weighted by atomic mass is 16.7. The van der Waals surface area contributed by atoms with Crippen LogP contribution in [0.4, 0.5) is 4.79 Å². The Labute approximate surface area is 118 Å². The zero-order valence-corrected chi connectivity index (χ0v) is 12.1. The molecule has 0 aromatic carbocycles. The molecule has 5 nitrogen and oxygen atoms in total. The van der Waals surface area contributed by atoms with Gasteiger partial charge in [0.2, 0.25) is 0 Å². The predicted molar refractivity (Wildman–Crippen MR) is 69.9 cm³/mol. The van der Waals surface area contributed by atoms with Crippen LogP contribution in [0.2, 0.25) is 0 Å². The lowest BCUT2D eigenvalue weighted by Crippen LogP contribution is -2.59. The number of carbonyl (C=O) groups excluding carboxylic acids is 2. The molecule has 0 saturated heterocycles. The molecule has 4 fully saturated rings. The number of ether oxygens (including phenoxy) is 3. The SMILES string of the molecule is CCC(=O)OC1C2CC3CC1CC(OC(=O)OC)(C3)C2. The summed E-state index contributed by atoms with van der Waals surface area (Å²) >= 11 is 0. The van der Waals surface area contributed by atoms with Crippen LogP contribution in [-0.2, 0) is 19.0 Å². The smallest absolute Gasteiger partial charge is 0.462 e. The van der Waals surface area contributed by atoms with Gasteiger partial charge in [-0.2, -0.15) is 0 Å². The molecule has 2 atom stereocenters. The van der Waals surface area contributed by atoms with Crippen molar-refractivity contribution in [3.63, 3.8) is 0 Å². The lowest BCUT2D eigenvalue weighted by molar-refractivity contribution is -0.202. The van der Waals surface area contributed by atoms with Gasteiger partial charge in [0.05, 0.1) is 7.11 Å². The van der Waals surface area contributed by atoms with Gasteiger partial charge in [-0.15, -0.1) is 0 Å². The van der Waals surface area contributed by atoms with Crippen molar-refractivity contribution in [2.75, 3.05) is 7.11 Å². The van der Waals surface area contributed by atoms with E-state index in [1.807, 2.05) is 6.92 Å². The summed E-state index contributed by atoms with van der Waals surface area (Å²) in [7, 11) is 1.34. The molecular weight excluding hydrogens is 260 g/mol. The van der Waals surface area contributed by atoms with Crippen LogP contribution in [0.1, 0.15) is 45.4 Å². The fourth-order valence-corrected chi connectivity index (χ4v) is 4.67. The normalized spacial score (nSPS) is 41.3. The van der Waals surface area contributed by atoms with E-state index in [0.29, 0.717) is 24.2 Å². The van der Waals surface area contributed by atoms with Gasteiger partial charge in [0.15, 0.2) is 0 Å². The first-order valence-electron chi connectivity index (χ1n) is 7.51. The number of carbonyl (C=O) groups is 2. The minimum atomic E-state index is -0.589. The topological polar surface area (TPSA) is 61.8 Å². The van der Waals surface area contributed by atoms with Crippen LogP contribution >= 0.6 is 0 Å². The van der Waals surface area contributed by atoms with Crippen molar-refractivity contribution in [3.8, 4) is 0 Å². The van der Waals surface area contributed by atoms with E-state index >= 15 is 0 Å². The zero-order chi connectivity index (χ0) is 14.3. The number of methoxy groups -OCH3 is 1. The molecule has 4 rings (SSSR count). The van der Waals surface area contributed by atoms with Gasteiger partial charge >= 0.3 is 12.1 Å². The minimum Gasteiger partial charge on any atom is -0.462 e. The van der Waals surface area contributed by atoms with E-state index in [9.17, 15) is 9.59 Å². The first-order valence-corrected chi connectivity index (χ1v) is 7.51.